The molecule has 0 aliphatic carbocycles. The van der Waals surface area contributed by atoms with Crippen molar-refractivity contribution >= 4 is 38.8 Å². The van der Waals surface area contributed by atoms with Gasteiger partial charge in [-0.3, -0.25) is 0 Å². The van der Waals surface area contributed by atoms with Crippen LogP contribution in [0.2, 0.25) is 0 Å². The van der Waals surface area contributed by atoms with E-state index in [4.69, 9.17) is 59.4 Å². The van der Waals surface area contributed by atoms with Crippen LogP contribution in [-0.2, 0) is 63.5 Å². The minimum atomic E-state index is -0.500. The summed E-state index contributed by atoms with van der Waals surface area (Å²) >= 11 is 0. The van der Waals surface area contributed by atoms with E-state index in [0.29, 0.717) is 0 Å². The predicted molar refractivity (Wildman–Crippen MR) is 36.4 cm³/mol. The molecule has 0 aliphatic rings. The summed E-state index contributed by atoms with van der Waals surface area (Å²) in [6.45, 7) is -3.00. The number of carbonyl (C=O) groups excluding carboxylic acids is 6. The van der Waals surface area contributed by atoms with Crippen LogP contribution in [0.15, 0.2) is 0 Å². The number of carbonyl (C=O) groups is 6. The van der Waals surface area contributed by atoms with E-state index in [1.807, 2.05) is 0 Å². The average molecular weight is 374 g/mol. The summed E-state index contributed by atoms with van der Waals surface area (Å²) < 4.78 is 0. The molecule has 0 saturated carbocycles. The first-order valence-corrected chi connectivity index (χ1v) is 2.83. The van der Waals surface area contributed by atoms with Gasteiger partial charge in [0.05, 0.1) is 0 Å². The summed E-state index contributed by atoms with van der Waals surface area (Å²) in [5.74, 6) is 0. The fourth-order valence-electron chi connectivity index (χ4n) is 0. The number of carboxylic acid groups (broad SMARTS) is 6. The second kappa shape index (κ2) is 282. The summed E-state index contributed by atoms with van der Waals surface area (Å²) in [6.07, 6.45) is 0. The first-order chi connectivity index (χ1) is 8.49. The Morgan fingerprint density at radius 2 is 0.350 bits per heavy atom. The van der Waals surface area contributed by atoms with E-state index in [0.717, 1.165) is 0 Å². The minimum absolute atomic E-state index is 0. The van der Waals surface area contributed by atoms with Crippen molar-refractivity contribution in [3.63, 3.8) is 0 Å². The maximum atomic E-state index is 8.25. The van der Waals surface area contributed by atoms with Crippen LogP contribution in [0.5, 0.6) is 0 Å². The Bertz CT molecular complexity index is 117. The van der Waals surface area contributed by atoms with Crippen LogP contribution >= 0.6 is 0 Å². The first kappa shape index (κ1) is 52.2. The molecule has 20 heavy (non-hydrogen) atoms. The van der Waals surface area contributed by atoms with Gasteiger partial charge in [-0.1, -0.05) is 0 Å². The third-order valence-electron chi connectivity index (χ3n) is 0. The Morgan fingerprint density at radius 1 is 0.350 bits per heavy atom. The molecule has 0 bridgehead atoms. The smallest absolute Gasteiger partial charge is 0.554 e. The van der Waals surface area contributed by atoms with Crippen molar-refractivity contribution in [3.8, 4) is 0 Å². The number of hydrogen-bond acceptors (Lipinski definition) is 12. The largest absolute Gasteiger partial charge is 3.00 e. The molecule has 114 valence electrons. The van der Waals surface area contributed by atoms with E-state index in [1.54, 1.807) is 0 Å². The van der Waals surface area contributed by atoms with Crippen molar-refractivity contribution in [3.05, 3.63) is 0 Å². The first-order valence-electron chi connectivity index (χ1n) is 2.83. The van der Waals surface area contributed by atoms with Crippen LogP contribution in [0.1, 0.15) is 0 Å². The van der Waals surface area contributed by atoms with Gasteiger partial charge in [0.1, 0.15) is 0 Å². The Morgan fingerprint density at radius 3 is 0.350 bits per heavy atom. The molecule has 0 aromatic heterocycles. The summed E-state index contributed by atoms with van der Waals surface area (Å²) in [5.41, 5.74) is 0. The van der Waals surface area contributed by atoms with Gasteiger partial charge in [0, 0.05) is 38.8 Å². The summed E-state index contributed by atoms with van der Waals surface area (Å²) in [4.78, 5) is 49.5. The number of hydrogen-bond donors (Lipinski definition) is 0. The van der Waals surface area contributed by atoms with Gasteiger partial charge in [-0.25, -0.2) is 0 Å². The van der Waals surface area contributed by atoms with Crippen molar-refractivity contribution in [2.75, 3.05) is 0 Å². The second-order valence-electron chi connectivity index (χ2n) is 0.577. The zero-order valence-electron chi connectivity index (χ0n) is 9.18. The number of rotatable bonds is 0. The van der Waals surface area contributed by atoms with Crippen LogP contribution in [0, 0.1) is 0 Å². The Kier molecular flexibility index (Phi) is 737. The molecule has 0 aromatic carbocycles. The zero-order valence-corrected chi connectivity index (χ0v) is 11.7. The molecule has 12 nitrogen and oxygen atoms in total. The minimum Gasteiger partial charge on any atom is -0.554 e. The van der Waals surface area contributed by atoms with E-state index in [9.17, 15) is 0 Å². The van der Waals surface area contributed by atoms with Gasteiger partial charge in [0.25, 0.3) is 0 Å². The fraction of sp³-hybridized carbons (Fsp3) is 0. The molecule has 0 spiro atoms. The molecular formula is C6H6Cr2O12. The van der Waals surface area contributed by atoms with Crippen molar-refractivity contribution in [2.24, 2.45) is 0 Å². The van der Waals surface area contributed by atoms with Gasteiger partial charge < -0.3 is 59.4 Å². The van der Waals surface area contributed by atoms with Crippen molar-refractivity contribution in [1.29, 1.82) is 0 Å². The molecule has 0 fully saturated rings. The predicted octanol–water partition coefficient (Wildman–Crippen LogP) is -9.81. The zero-order chi connectivity index (χ0) is 16.2. The summed E-state index contributed by atoms with van der Waals surface area (Å²) in [7, 11) is 0. The third kappa shape index (κ3) is 787. The standard InChI is InChI=1S/6CH2O2.2Cr/c6*2-1-3;;/h6*1H,(H,2,3);;/q;;;;;;2*+3/p-6. The average Bonchev–Trinajstić information content (AvgIpc) is 2.23. The molecule has 0 heterocycles. The van der Waals surface area contributed by atoms with E-state index < -0.39 is 38.8 Å². The van der Waals surface area contributed by atoms with Crippen LogP contribution in [0.3, 0.4) is 0 Å². The molecule has 2 radical (unpaired) electrons. The third-order valence-corrected chi connectivity index (χ3v) is 0. The quantitative estimate of drug-likeness (QED) is 0.359. The van der Waals surface area contributed by atoms with Crippen LogP contribution in [-0.4, -0.2) is 38.8 Å². The van der Waals surface area contributed by atoms with E-state index in [2.05, 4.69) is 0 Å². The van der Waals surface area contributed by atoms with E-state index >= 15 is 0 Å². The van der Waals surface area contributed by atoms with Gasteiger partial charge in [-0.05, 0) is 0 Å². The summed E-state index contributed by atoms with van der Waals surface area (Å²) in [5, 5.41) is 49.5. The second-order valence-corrected chi connectivity index (χ2v) is 0.577. The van der Waals surface area contributed by atoms with Crippen molar-refractivity contribution in [1.82, 2.24) is 0 Å². The van der Waals surface area contributed by atoms with Gasteiger partial charge in [-0.2, -0.15) is 0 Å². The molecule has 0 amide bonds. The monoisotopic (exact) mass is 374 g/mol. The van der Waals surface area contributed by atoms with Crippen LogP contribution in [0.25, 0.3) is 0 Å². The van der Waals surface area contributed by atoms with Gasteiger partial charge >= 0.3 is 34.7 Å². The molecule has 0 aromatic rings. The normalized spacial score (nSPS) is 3.60. The Balaban J connectivity index is -0.0000000141. The van der Waals surface area contributed by atoms with E-state index in [1.165, 1.54) is 0 Å². The maximum Gasteiger partial charge on any atom is 3.00 e. The maximum absolute atomic E-state index is 8.25. The molecule has 14 heteroatoms. The SMILES string of the molecule is O=C[O-].O=C[O-].O=C[O-].O=C[O-].O=C[O-].O=C[O-].[Cr+3].[Cr+3]. The van der Waals surface area contributed by atoms with Crippen LogP contribution in [0.4, 0.5) is 0 Å². The van der Waals surface area contributed by atoms with Crippen molar-refractivity contribution < 1.29 is 94.1 Å². The summed E-state index contributed by atoms with van der Waals surface area (Å²) in [6, 6.07) is 0. The van der Waals surface area contributed by atoms with Gasteiger partial charge in [-0.15, -0.1) is 0 Å². The fourth-order valence-corrected chi connectivity index (χ4v) is 0. The molecule has 0 unspecified atom stereocenters. The van der Waals surface area contributed by atoms with Gasteiger partial charge in [0.2, 0.25) is 0 Å². The van der Waals surface area contributed by atoms with Gasteiger partial charge in [0.15, 0.2) is 0 Å². The van der Waals surface area contributed by atoms with E-state index in [-0.39, 0.29) is 34.7 Å². The molecule has 0 atom stereocenters. The Labute approximate surface area is 133 Å². The molecule has 0 aliphatic heterocycles. The molecule has 0 rings (SSSR count). The van der Waals surface area contributed by atoms with Crippen LogP contribution < -0.4 is 30.6 Å². The molecular weight excluding hydrogens is 368 g/mol. The Hall–Kier alpha value is -2.12. The topological polar surface area (TPSA) is 241 Å². The van der Waals surface area contributed by atoms with Crippen molar-refractivity contribution in [2.45, 2.75) is 0 Å². The molecule has 0 saturated heterocycles. The molecule has 0 N–H and O–H groups in total.